The van der Waals surface area contributed by atoms with Crippen molar-refractivity contribution in [2.75, 3.05) is 13.1 Å². The molecule has 0 saturated heterocycles. The van der Waals surface area contributed by atoms with E-state index < -0.39 is 5.82 Å². The lowest BCUT2D eigenvalue weighted by molar-refractivity contribution is 0.369. The van der Waals surface area contributed by atoms with Crippen LogP contribution in [-0.4, -0.2) is 23.9 Å². The Bertz CT molecular complexity index is 473. The Labute approximate surface area is 104 Å². The monoisotopic (exact) mass is 253 g/mol. The maximum Gasteiger partial charge on any atom is 0.192 e. The Morgan fingerprint density at radius 3 is 3.12 bits per heavy atom. The van der Waals surface area contributed by atoms with Gasteiger partial charge in [0.15, 0.2) is 5.96 Å². The number of nitrogens with two attached hydrogens (primary N) is 1. The lowest BCUT2D eigenvalue weighted by Crippen LogP contribution is -2.36. The van der Waals surface area contributed by atoms with Crippen LogP contribution in [0.25, 0.3) is 0 Å². The molecule has 2 N–H and O–H groups in total. The van der Waals surface area contributed by atoms with Crippen molar-refractivity contribution in [3.63, 3.8) is 0 Å². The summed E-state index contributed by atoms with van der Waals surface area (Å²) in [6.45, 7) is 4.63. The molecule has 1 aromatic carbocycles. The summed E-state index contributed by atoms with van der Waals surface area (Å²) in [5, 5.41) is 0.117. The number of halogens is 2. The number of benzene rings is 1. The third kappa shape index (κ3) is 2.13. The minimum absolute atomic E-state index is 0.117. The van der Waals surface area contributed by atoms with Gasteiger partial charge < -0.3 is 10.6 Å². The Hall–Kier alpha value is -1.55. The SMILES string of the molecule is C=CCN1C(N)=NCC1c1cccc(Cl)c1F. The van der Waals surface area contributed by atoms with Gasteiger partial charge in [0.05, 0.1) is 17.6 Å². The maximum atomic E-state index is 13.9. The summed E-state index contributed by atoms with van der Waals surface area (Å²) in [7, 11) is 0. The Morgan fingerprint density at radius 2 is 2.41 bits per heavy atom. The van der Waals surface area contributed by atoms with Crippen LogP contribution in [0.4, 0.5) is 4.39 Å². The number of nitrogens with zero attached hydrogens (tertiary/aromatic N) is 2. The van der Waals surface area contributed by atoms with Crippen molar-refractivity contribution in [1.82, 2.24) is 4.90 Å². The number of aliphatic imine (C=N–C) groups is 1. The van der Waals surface area contributed by atoms with E-state index in [9.17, 15) is 4.39 Å². The molecule has 1 atom stereocenters. The molecular weight excluding hydrogens is 241 g/mol. The molecule has 0 aromatic heterocycles. The second-order valence-electron chi connectivity index (χ2n) is 3.80. The van der Waals surface area contributed by atoms with Gasteiger partial charge in [-0.15, -0.1) is 6.58 Å². The minimum Gasteiger partial charge on any atom is -0.370 e. The first-order chi connectivity index (χ1) is 8.15. The quantitative estimate of drug-likeness (QED) is 0.840. The zero-order chi connectivity index (χ0) is 12.4. The van der Waals surface area contributed by atoms with Crippen LogP contribution < -0.4 is 5.73 Å². The Morgan fingerprint density at radius 1 is 1.65 bits per heavy atom. The van der Waals surface area contributed by atoms with Gasteiger partial charge in [0.1, 0.15) is 5.82 Å². The fourth-order valence-electron chi connectivity index (χ4n) is 1.93. The lowest BCUT2D eigenvalue weighted by atomic mass is 10.1. The van der Waals surface area contributed by atoms with Crippen molar-refractivity contribution < 1.29 is 4.39 Å². The molecule has 1 aliphatic heterocycles. The predicted octanol–water partition coefficient (Wildman–Crippen LogP) is 2.34. The van der Waals surface area contributed by atoms with Crippen LogP contribution >= 0.6 is 11.6 Å². The maximum absolute atomic E-state index is 13.9. The van der Waals surface area contributed by atoms with Gasteiger partial charge in [-0.3, -0.25) is 4.99 Å². The van der Waals surface area contributed by atoms with Crippen molar-refractivity contribution >= 4 is 17.6 Å². The van der Waals surface area contributed by atoms with Gasteiger partial charge >= 0.3 is 0 Å². The first kappa shape index (κ1) is 11.9. The zero-order valence-electron chi connectivity index (χ0n) is 9.24. The normalized spacial score (nSPS) is 19.3. The summed E-state index contributed by atoms with van der Waals surface area (Å²) >= 11 is 5.77. The van der Waals surface area contributed by atoms with E-state index in [2.05, 4.69) is 11.6 Å². The topological polar surface area (TPSA) is 41.6 Å². The molecule has 0 bridgehead atoms. The summed E-state index contributed by atoms with van der Waals surface area (Å²) < 4.78 is 13.9. The molecular formula is C12H13ClFN3. The van der Waals surface area contributed by atoms with E-state index in [1.54, 1.807) is 18.2 Å². The molecule has 2 rings (SSSR count). The van der Waals surface area contributed by atoms with Crippen molar-refractivity contribution in [3.8, 4) is 0 Å². The highest BCUT2D eigenvalue weighted by atomic mass is 35.5. The van der Waals surface area contributed by atoms with E-state index in [0.29, 0.717) is 24.6 Å². The van der Waals surface area contributed by atoms with E-state index >= 15 is 0 Å². The molecule has 0 saturated carbocycles. The molecule has 1 aliphatic rings. The summed E-state index contributed by atoms with van der Waals surface area (Å²) in [4.78, 5) is 5.93. The molecule has 5 heteroatoms. The van der Waals surface area contributed by atoms with Gasteiger partial charge in [-0.05, 0) is 6.07 Å². The van der Waals surface area contributed by atoms with Crippen molar-refractivity contribution in [2.24, 2.45) is 10.7 Å². The Balaban J connectivity index is 2.34. The number of hydrogen-bond donors (Lipinski definition) is 1. The largest absolute Gasteiger partial charge is 0.370 e. The van der Waals surface area contributed by atoms with Crippen LogP contribution in [0, 0.1) is 5.82 Å². The lowest BCUT2D eigenvalue weighted by Gasteiger charge is -2.25. The van der Waals surface area contributed by atoms with Gasteiger partial charge in [-0.2, -0.15) is 0 Å². The van der Waals surface area contributed by atoms with Gasteiger partial charge in [0, 0.05) is 12.1 Å². The number of rotatable bonds is 3. The number of guanidine groups is 1. The van der Waals surface area contributed by atoms with Crippen LogP contribution in [0.3, 0.4) is 0 Å². The highest BCUT2D eigenvalue weighted by Crippen LogP contribution is 2.30. The van der Waals surface area contributed by atoms with Crippen LogP contribution in [0.2, 0.25) is 5.02 Å². The van der Waals surface area contributed by atoms with Crippen LogP contribution in [0.15, 0.2) is 35.8 Å². The molecule has 0 radical (unpaired) electrons. The first-order valence-corrected chi connectivity index (χ1v) is 5.64. The number of hydrogen-bond acceptors (Lipinski definition) is 3. The fraction of sp³-hybridized carbons (Fsp3) is 0.250. The molecule has 17 heavy (non-hydrogen) atoms. The van der Waals surface area contributed by atoms with Crippen molar-refractivity contribution in [2.45, 2.75) is 6.04 Å². The average Bonchev–Trinajstić information content (AvgIpc) is 2.66. The van der Waals surface area contributed by atoms with Gasteiger partial charge in [-0.25, -0.2) is 4.39 Å². The van der Waals surface area contributed by atoms with Crippen molar-refractivity contribution in [1.29, 1.82) is 0 Å². The van der Waals surface area contributed by atoms with E-state index in [1.807, 2.05) is 4.90 Å². The minimum atomic E-state index is -0.405. The van der Waals surface area contributed by atoms with E-state index in [-0.39, 0.29) is 11.1 Å². The first-order valence-electron chi connectivity index (χ1n) is 5.26. The smallest absolute Gasteiger partial charge is 0.192 e. The average molecular weight is 254 g/mol. The highest BCUT2D eigenvalue weighted by molar-refractivity contribution is 6.30. The molecule has 0 aliphatic carbocycles. The molecule has 0 fully saturated rings. The van der Waals surface area contributed by atoms with Gasteiger partial charge in [-0.1, -0.05) is 29.8 Å². The molecule has 0 spiro atoms. The van der Waals surface area contributed by atoms with Crippen molar-refractivity contribution in [3.05, 3.63) is 47.3 Å². The zero-order valence-corrected chi connectivity index (χ0v) is 9.99. The molecule has 1 heterocycles. The van der Waals surface area contributed by atoms with E-state index in [4.69, 9.17) is 17.3 Å². The van der Waals surface area contributed by atoms with Gasteiger partial charge in [0.2, 0.25) is 0 Å². The van der Waals surface area contributed by atoms with E-state index in [0.717, 1.165) is 0 Å². The standard InChI is InChI=1S/C12H13ClFN3/c1-2-6-17-10(7-16-12(17)15)8-4-3-5-9(13)11(8)14/h2-5,10H,1,6-7H2,(H2,15,16). The van der Waals surface area contributed by atoms with Crippen LogP contribution in [0.5, 0.6) is 0 Å². The summed E-state index contributed by atoms with van der Waals surface area (Å²) in [6, 6.07) is 4.75. The molecule has 3 nitrogen and oxygen atoms in total. The second kappa shape index (κ2) is 4.75. The second-order valence-corrected chi connectivity index (χ2v) is 4.21. The Kier molecular flexibility index (Phi) is 3.33. The summed E-state index contributed by atoms with van der Waals surface area (Å²) in [5.41, 5.74) is 6.27. The third-order valence-corrected chi connectivity index (χ3v) is 3.05. The summed E-state index contributed by atoms with van der Waals surface area (Å²) in [5.74, 6) is 0.00686. The third-order valence-electron chi connectivity index (χ3n) is 2.76. The van der Waals surface area contributed by atoms with E-state index in [1.165, 1.54) is 6.07 Å². The fourth-order valence-corrected chi connectivity index (χ4v) is 2.11. The highest BCUT2D eigenvalue weighted by Gasteiger charge is 2.29. The van der Waals surface area contributed by atoms with Crippen LogP contribution in [-0.2, 0) is 0 Å². The predicted molar refractivity (Wildman–Crippen MR) is 67.5 cm³/mol. The molecule has 0 amide bonds. The molecule has 90 valence electrons. The van der Waals surface area contributed by atoms with Crippen LogP contribution in [0.1, 0.15) is 11.6 Å². The molecule has 1 unspecified atom stereocenters. The van der Waals surface area contributed by atoms with Gasteiger partial charge in [0.25, 0.3) is 0 Å². The molecule has 1 aromatic rings. The summed E-state index contributed by atoms with van der Waals surface area (Å²) in [6.07, 6.45) is 1.71.